The molecular formula is C15H24FNO2. The van der Waals surface area contributed by atoms with Crippen LogP contribution in [-0.4, -0.2) is 31.0 Å². The number of halogens is 1. The Labute approximate surface area is 114 Å². The van der Waals surface area contributed by atoms with Crippen LogP contribution < -0.4 is 5.32 Å². The lowest BCUT2D eigenvalue weighted by Gasteiger charge is -2.17. The Balaban J connectivity index is 2.22. The fraction of sp³-hybridized carbons (Fsp3) is 0.600. The van der Waals surface area contributed by atoms with E-state index >= 15 is 0 Å². The summed E-state index contributed by atoms with van der Waals surface area (Å²) in [6.07, 6.45) is 1.60. The number of unbranched alkanes of at least 4 members (excludes halogenated alkanes) is 1. The Kier molecular flexibility index (Phi) is 7.63. The first-order chi connectivity index (χ1) is 9.13. The van der Waals surface area contributed by atoms with Crippen molar-refractivity contribution in [3.05, 3.63) is 35.6 Å². The van der Waals surface area contributed by atoms with Crippen LogP contribution in [-0.2, 0) is 4.74 Å². The first-order valence-electron chi connectivity index (χ1n) is 6.88. The SMILES string of the molecule is CCCCOCC(O)CN[C@@H](C)c1ccc(F)cc1. The molecule has 0 aliphatic carbocycles. The molecule has 108 valence electrons. The van der Waals surface area contributed by atoms with Gasteiger partial charge < -0.3 is 15.2 Å². The Morgan fingerprint density at radius 1 is 1.32 bits per heavy atom. The third-order valence-electron chi connectivity index (χ3n) is 2.98. The summed E-state index contributed by atoms with van der Waals surface area (Å²) in [6.45, 7) is 5.60. The standard InChI is InChI=1S/C15H24FNO2/c1-3-4-9-19-11-15(18)10-17-12(2)13-5-7-14(16)8-6-13/h5-8,12,15,17-18H,3-4,9-11H2,1-2H3/t12-,15?/m0/s1. The van der Waals surface area contributed by atoms with Crippen molar-refractivity contribution >= 4 is 0 Å². The second-order valence-electron chi connectivity index (χ2n) is 4.76. The minimum Gasteiger partial charge on any atom is -0.389 e. The summed E-state index contributed by atoms with van der Waals surface area (Å²) in [7, 11) is 0. The number of rotatable bonds is 9. The first-order valence-corrected chi connectivity index (χ1v) is 6.88. The van der Waals surface area contributed by atoms with Crippen LogP contribution in [0.3, 0.4) is 0 Å². The molecule has 0 spiro atoms. The molecule has 0 aliphatic rings. The molecule has 0 aliphatic heterocycles. The van der Waals surface area contributed by atoms with Crippen LogP contribution in [0.15, 0.2) is 24.3 Å². The van der Waals surface area contributed by atoms with Gasteiger partial charge in [0.25, 0.3) is 0 Å². The second kappa shape index (κ2) is 9.02. The molecule has 0 bridgehead atoms. The monoisotopic (exact) mass is 269 g/mol. The highest BCUT2D eigenvalue weighted by molar-refractivity contribution is 5.19. The van der Waals surface area contributed by atoms with Crippen LogP contribution in [0.5, 0.6) is 0 Å². The molecule has 3 nitrogen and oxygen atoms in total. The minimum atomic E-state index is -0.514. The summed E-state index contributed by atoms with van der Waals surface area (Å²) in [4.78, 5) is 0. The van der Waals surface area contributed by atoms with Gasteiger partial charge >= 0.3 is 0 Å². The van der Waals surface area contributed by atoms with Gasteiger partial charge in [0, 0.05) is 19.2 Å². The van der Waals surface area contributed by atoms with E-state index < -0.39 is 6.10 Å². The molecule has 1 aromatic rings. The molecule has 4 heteroatoms. The molecule has 0 heterocycles. The van der Waals surface area contributed by atoms with E-state index in [9.17, 15) is 9.50 Å². The van der Waals surface area contributed by atoms with Crippen LogP contribution in [0.25, 0.3) is 0 Å². The summed E-state index contributed by atoms with van der Waals surface area (Å²) in [5, 5.41) is 12.9. The van der Waals surface area contributed by atoms with Crippen LogP contribution in [0.1, 0.15) is 38.3 Å². The number of nitrogens with one attached hydrogen (secondary N) is 1. The first kappa shape index (κ1) is 16.1. The predicted octanol–water partition coefficient (Wildman–Crippen LogP) is 2.65. The summed E-state index contributed by atoms with van der Waals surface area (Å²) in [6, 6.07) is 6.45. The predicted molar refractivity (Wildman–Crippen MR) is 74.6 cm³/mol. The van der Waals surface area contributed by atoms with Crippen LogP contribution in [0.2, 0.25) is 0 Å². The van der Waals surface area contributed by atoms with Crippen molar-refractivity contribution in [1.29, 1.82) is 0 Å². The van der Waals surface area contributed by atoms with Gasteiger partial charge in [-0.05, 0) is 31.0 Å². The van der Waals surface area contributed by atoms with E-state index in [1.807, 2.05) is 6.92 Å². The summed E-state index contributed by atoms with van der Waals surface area (Å²) >= 11 is 0. The molecular weight excluding hydrogens is 245 g/mol. The fourth-order valence-electron chi connectivity index (χ4n) is 1.71. The smallest absolute Gasteiger partial charge is 0.123 e. The quantitative estimate of drug-likeness (QED) is 0.677. The number of hydrogen-bond donors (Lipinski definition) is 2. The minimum absolute atomic E-state index is 0.0749. The Bertz CT molecular complexity index is 343. The lowest BCUT2D eigenvalue weighted by atomic mass is 10.1. The van der Waals surface area contributed by atoms with Crippen molar-refractivity contribution < 1.29 is 14.2 Å². The molecule has 1 aromatic carbocycles. The molecule has 2 atom stereocenters. The van der Waals surface area contributed by atoms with Gasteiger partial charge in [-0.3, -0.25) is 0 Å². The van der Waals surface area contributed by atoms with E-state index in [0.29, 0.717) is 19.8 Å². The van der Waals surface area contributed by atoms with Gasteiger partial charge in [-0.2, -0.15) is 0 Å². The summed E-state index contributed by atoms with van der Waals surface area (Å²) < 4.78 is 18.1. The molecule has 0 aromatic heterocycles. The van der Waals surface area contributed by atoms with Crippen LogP contribution >= 0.6 is 0 Å². The maximum absolute atomic E-state index is 12.8. The van der Waals surface area contributed by atoms with E-state index in [1.165, 1.54) is 12.1 Å². The van der Waals surface area contributed by atoms with E-state index in [2.05, 4.69) is 12.2 Å². The fourth-order valence-corrected chi connectivity index (χ4v) is 1.71. The highest BCUT2D eigenvalue weighted by atomic mass is 19.1. The molecule has 1 unspecified atom stereocenters. The van der Waals surface area contributed by atoms with E-state index in [0.717, 1.165) is 18.4 Å². The largest absolute Gasteiger partial charge is 0.389 e. The van der Waals surface area contributed by atoms with Crippen LogP contribution in [0.4, 0.5) is 4.39 Å². The van der Waals surface area contributed by atoms with E-state index in [1.54, 1.807) is 12.1 Å². The lowest BCUT2D eigenvalue weighted by Crippen LogP contribution is -2.32. The number of aliphatic hydroxyl groups is 1. The molecule has 2 N–H and O–H groups in total. The van der Waals surface area contributed by atoms with Gasteiger partial charge in [0.15, 0.2) is 0 Å². The topological polar surface area (TPSA) is 41.5 Å². The third kappa shape index (κ3) is 6.66. The van der Waals surface area contributed by atoms with Gasteiger partial charge in [-0.25, -0.2) is 4.39 Å². The Morgan fingerprint density at radius 3 is 2.63 bits per heavy atom. The van der Waals surface area contributed by atoms with Crippen molar-refractivity contribution in [2.75, 3.05) is 19.8 Å². The van der Waals surface area contributed by atoms with Gasteiger partial charge in [0.2, 0.25) is 0 Å². The summed E-state index contributed by atoms with van der Waals surface area (Å²) in [5.41, 5.74) is 1.00. The van der Waals surface area contributed by atoms with Gasteiger partial charge in [0.05, 0.1) is 12.7 Å². The lowest BCUT2D eigenvalue weighted by molar-refractivity contribution is 0.0348. The van der Waals surface area contributed by atoms with E-state index in [4.69, 9.17) is 4.74 Å². The molecule has 0 saturated heterocycles. The molecule has 1 rings (SSSR count). The molecule has 0 amide bonds. The highest BCUT2D eigenvalue weighted by Crippen LogP contribution is 2.12. The van der Waals surface area contributed by atoms with Gasteiger partial charge in [-0.1, -0.05) is 25.5 Å². The van der Waals surface area contributed by atoms with Gasteiger partial charge in [-0.15, -0.1) is 0 Å². The number of benzene rings is 1. The van der Waals surface area contributed by atoms with Crippen LogP contribution in [0, 0.1) is 5.82 Å². The number of ether oxygens (including phenoxy) is 1. The second-order valence-corrected chi connectivity index (χ2v) is 4.76. The normalized spacial score (nSPS) is 14.3. The van der Waals surface area contributed by atoms with E-state index in [-0.39, 0.29) is 11.9 Å². The zero-order valence-electron chi connectivity index (χ0n) is 11.7. The Morgan fingerprint density at radius 2 is 2.00 bits per heavy atom. The molecule has 0 radical (unpaired) electrons. The maximum atomic E-state index is 12.8. The maximum Gasteiger partial charge on any atom is 0.123 e. The molecule has 0 fully saturated rings. The average Bonchev–Trinajstić information content (AvgIpc) is 2.42. The average molecular weight is 269 g/mol. The van der Waals surface area contributed by atoms with Crippen molar-refractivity contribution in [1.82, 2.24) is 5.32 Å². The molecule has 0 saturated carbocycles. The summed E-state index contributed by atoms with van der Waals surface area (Å²) in [5.74, 6) is -0.236. The van der Waals surface area contributed by atoms with Crippen molar-refractivity contribution in [2.24, 2.45) is 0 Å². The van der Waals surface area contributed by atoms with Crippen molar-refractivity contribution in [2.45, 2.75) is 38.8 Å². The zero-order valence-corrected chi connectivity index (χ0v) is 11.7. The van der Waals surface area contributed by atoms with Crippen molar-refractivity contribution in [3.63, 3.8) is 0 Å². The third-order valence-corrected chi connectivity index (χ3v) is 2.98. The number of aliphatic hydroxyl groups excluding tert-OH is 1. The highest BCUT2D eigenvalue weighted by Gasteiger charge is 2.09. The number of hydrogen-bond acceptors (Lipinski definition) is 3. The molecule has 19 heavy (non-hydrogen) atoms. The van der Waals surface area contributed by atoms with Crippen molar-refractivity contribution in [3.8, 4) is 0 Å². The Hall–Kier alpha value is -0.970. The zero-order chi connectivity index (χ0) is 14.1. The van der Waals surface area contributed by atoms with Gasteiger partial charge in [0.1, 0.15) is 5.82 Å².